The number of aromatic nitrogens is 1. The highest BCUT2D eigenvalue weighted by atomic mass is 35.5. The smallest absolute Gasteiger partial charge is 0.223 e. The van der Waals surface area contributed by atoms with E-state index in [1.807, 2.05) is 25.1 Å². The molecule has 2 saturated heterocycles. The highest BCUT2D eigenvalue weighted by Gasteiger charge is 2.28. The Kier molecular flexibility index (Phi) is 7.16. The number of carbonyl (C=O) groups is 1. The summed E-state index contributed by atoms with van der Waals surface area (Å²) in [5, 5.41) is 3.77. The number of nitrogens with one attached hydrogen (secondary N) is 1. The van der Waals surface area contributed by atoms with E-state index < -0.39 is 0 Å². The number of benzene rings is 1. The number of pyridine rings is 1. The quantitative estimate of drug-likeness (QED) is 0.738. The second-order valence-corrected chi connectivity index (χ2v) is 9.26. The second kappa shape index (κ2) is 10.0. The molecule has 1 aromatic carbocycles. The maximum Gasteiger partial charge on any atom is 0.223 e. The van der Waals surface area contributed by atoms with Gasteiger partial charge in [0.25, 0.3) is 0 Å². The van der Waals surface area contributed by atoms with Crippen molar-refractivity contribution in [3.05, 3.63) is 52.9 Å². The van der Waals surface area contributed by atoms with Crippen molar-refractivity contribution in [2.75, 3.05) is 56.1 Å². The number of amides is 1. The van der Waals surface area contributed by atoms with Crippen LogP contribution >= 0.6 is 11.6 Å². The third kappa shape index (κ3) is 5.33. The third-order valence-electron chi connectivity index (χ3n) is 6.56. The molecule has 2 aromatic rings. The van der Waals surface area contributed by atoms with Crippen LogP contribution in [-0.2, 0) is 4.79 Å². The van der Waals surface area contributed by atoms with Gasteiger partial charge in [-0.15, -0.1) is 0 Å². The molecule has 1 aromatic heterocycles. The van der Waals surface area contributed by atoms with Gasteiger partial charge < -0.3 is 20.0 Å². The van der Waals surface area contributed by atoms with Crippen LogP contribution in [0.5, 0.6) is 0 Å². The van der Waals surface area contributed by atoms with E-state index in [9.17, 15) is 9.18 Å². The summed E-state index contributed by atoms with van der Waals surface area (Å²) >= 11 is 5.93. The van der Waals surface area contributed by atoms with Crippen molar-refractivity contribution in [2.45, 2.75) is 25.8 Å². The van der Waals surface area contributed by atoms with Crippen LogP contribution in [0.4, 0.5) is 15.9 Å². The van der Waals surface area contributed by atoms with E-state index in [-0.39, 0.29) is 23.7 Å². The van der Waals surface area contributed by atoms with Crippen molar-refractivity contribution < 1.29 is 9.18 Å². The van der Waals surface area contributed by atoms with Crippen LogP contribution in [0.3, 0.4) is 0 Å². The molecule has 2 aliphatic heterocycles. The first-order valence-electron chi connectivity index (χ1n) is 11.3. The van der Waals surface area contributed by atoms with E-state index in [2.05, 4.69) is 32.0 Å². The maximum absolute atomic E-state index is 14.1. The van der Waals surface area contributed by atoms with Crippen molar-refractivity contribution in [1.82, 2.24) is 15.2 Å². The van der Waals surface area contributed by atoms with E-state index in [4.69, 9.17) is 11.6 Å². The lowest BCUT2D eigenvalue weighted by Crippen LogP contribution is -2.45. The van der Waals surface area contributed by atoms with E-state index in [1.165, 1.54) is 6.07 Å². The van der Waals surface area contributed by atoms with E-state index >= 15 is 0 Å². The van der Waals surface area contributed by atoms with Crippen LogP contribution in [0, 0.1) is 11.7 Å². The van der Waals surface area contributed by atoms with Crippen molar-refractivity contribution in [1.29, 1.82) is 0 Å². The van der Waals surface area contributed by atoms with Crippen molar-refractivity contribution >= 4 is 29.0 Å². The van der Waals surface area contributed by atoms with E-state index in [0.717, 1.165) is 69.2 Å². The third-order valence-corrected chi connectivity index (χ3v) is 6.78. The van der Waals surface area contributed by atoms with Gasteiger partial charge in [0.15, 0.2) is 0 Å². The molecule has 1 atom stereocenters. The van der Waals surface area contributed by atoms with E-state index in [0.29, 0.717) is 5.02 Å². The van der Waals surface area contributed by atoms with Gasteiger partial charge >= 0.3 is 0 Å². The summed E-state index contributed by atoms with van der Waals surface area (Å²) < 4.78 is 14.1. The fraction of sp³-hybridized carbons (Fsp3) is 0.500. The van der Waals surface area contributed by atoms with Gasteiger partial charge in [-0.05, 0) is 57.1 Å². The number of piperidine rings is 1. The molecule has 32 heavy (non-hydrogen) atoms. The maximum atomic E-state index is 14.1. The molecular formula is C24H31ClFN5O. The Bertz CT molecular complexity index is 924. The van der Waals surface area contributed by atoms with Gasteiger partial charge in [-0.25, -0.2) is 9.37 Å². The summed E-state index contributed by atoms with van der Waals surface area (Å²) in [7, 11) is 2.11. The molecule has 0 bridgehead atoms. The number of anilines is 2. The van der Waals surface area contributed by atoms with Crippen LogP contribution in [0.1, 0.15) is 31.4 Å². The monoisotopic (exact) mass is 459 g/mol. The summed E-state index contributed by atoms with van der Waals surface area (Å²) in [5.74, 6) is 0.595. The molecule has 0 saturated carbocycles. The highest BCUT2D eigenvalue weighted by Crippen LogP contribution is 2.29. The SMILES string of the molecule is CC(NC(=O)C1CCN(c2ccc(Cl)cn2)CC1)c1cc(F)ccc1N1CCN(C)CC1. The molecule has 4 rings (SSSR count). The number of hydrogen-bond acceptors (Lipinski definition) is 5. The zero-order valence-electron chi connectivity index (χ0n) is 18.7. The number of halogens is 2. The lowest BCUT2D eigenvalue weighted by Gasteiger charge is -2.36. The summed E-state index contributed by atoms with van der Waals surface area (Å²) in [4.78, 5) is 24.1. The van der Waals surface area contributed by atoms with Gasteiger partial charge in [0.2, 0.25) is 5.91 Å². The minimum Gasteiger partial charge on any atom is -0.369 e. The summed E-state index contributed by atoms with van der Waals surface area (Å²) in [6, 6.07) is 8.40. The lowest BCUT2D eigenvalue weighted by molar-refractivity contribution is -0.126. The molecule has 6 nitrogen and oxygen atoms in total. The Morgan fingerprint density at radius 3 is 2.47 bits per heavy atom. The molecule has 1 unspecified atom stereocenters. The molecule has 1 amide bonds. The molecular weight excluding hydrogens is 429 g/mol. The fourth-order valence-corrected chi connectivity index (χ4v) is 4.65. The lowest BCUT2D eigenvalue weighted by atomic mass is 9.95. The Balaban J connectivity index is 1.38. The molecule has 3 heterocycles. The number of nitrogens with zero attached hydrogens (tertiary/aromatic N) is 4. The van der Waals surface area contributed by atoms with E-state index in [1.54, 1.807) is 12.3 Å². The van der Waals surface area contributed by atoms with Crippen molar-refractivity contribution in [3.63, 3.8) is 0 Å². The zero-order chi connectivity index (χ0) is 22.7. The van der Waals surface area contributed by atoms with Gasteiger partial charge in [-0.1, -0.05) is 11.6 Å². The Morgan fingerprint density at radius 1 is 1.09 bits per heavy atom. The summed E-state index contributed by atoms with van der Waals surface area (Å²) in [6.45, 7) is 7.22. The standard InChI is InChI=1S/C24H31ClFN5O/c1-17(21-15-20(26)4-5-22(21)30-13-11-29(2)12-14-30)28-24(32)18-7-9-31(10-8-18)23-6-3-19(25)16-27-23/h3-6,15-18H,7-14H2,1-2H3,(H,28,32). The highest BCUT2D eigenvalue weighted by molar-refractivity contribution is 6.30. The molecule has 2 fully saturated rings. The predicted molar refractivity (Wildman–Crippen MR) is 127 cm³/mol. The molecule has 0 spiro atoms. The minimum absolute atomic E-state index is 0.0369. The zero-order valence-corrected chi connectivity index (χ0v) is 19.5. The fourth-order valence-electron chi connectivity index (χ4n) is 4.54. The Morgan fingerprint density at radius 2 is 1.81 bits per heavy atom. The molecule has 172 valence electrons. The Hall–Kier alpha value is -2.38. The number of hydrogen-bond donors (Lipinski definition) is 1. The van der Waals surface area contributed by atoms with Crippen molar-refractivity contribution in [3.8, 4) is 0 Å². The Labute approximate surface area is 194 Å². The van der Waals surface area contributed by atoms with Crippen LogP contribution in [0.25, 0.3) is 0 Å². The number of carbonyl (C=O) groups excluding carboxylic acids is 1. The molecule has 0 radical (unpaired) electrons. The van der Waals surface area contributed by atoms with Gasteiger partial charge in [-0.2, -0.15) is 0 Å². The van der Waals surface area contributed by atoms with Gasteiger partial charge in [0.05, 0.1) is 11.1 Å². The second-order valence-electron chi connectivity index (χ2n) is 8.82. The molecule has 2 aliphatic rings. The summed E-state index contributed by atoms with van der Waals surface area (Å²) in [5.41, 5.74) is 1.85. The van der Waals surface area contributed by atoms with Crippen molar-refractivity contribution in [2.24, 2.45) is 5.92 Å². The molecule has 0 aliphatic carbocycles. The van der Waals surface area contributed by atoms with Crippen LogP contribution in [0.2, 0.25) is 5.02 Å². The van der Waals surface area contributed by atoms with Gasteiger partial charge in [0.1, 0.15) is 11.6 Å². The average molecular weight is 460 g/mol. The predicted octanol–water partition coefficient (Wildman–Crippen LogP) is 3.72. The van der Waals surface area contributed by atoms with Crippen LogP contribution in [-0.4, -0.2) is 62.1 Å². The summed E-state index contributed by atoms with van der Waals surface area (Å²) in [6.07, 6.45) is 3.17. The molecule has 1 N–H and O–H groups in total. The average Bonchev–Trinajstić information content (AvgIpc) is 2.80. The first-order valence-corrected chi connectivity index (χ1v) is 11.7. The first kappa shape index (κ1) is 22.8. The van der Waals surface area contributed by atoms with Gasteiger partial charge in [0, 0.05) is 62.6 Å². The number of piperazine rings is 1. The largest absolute Gasteiger partial charge is 0.369 e. The number of rotatable bonds is 5. The number of likely N-dealkylation sites (N-methyl/N-ethyl adjacent to an activating group) is 1. The topological polar surface area (TPSA) is 51.7 Å². The molecule has 8 heteroatoms. The normalized spacial score (nSPS) is 19.1. The van der Waals surface area contributed by atoms with Gasteiger partial charge in [-0.3, -0.25) is 4.79 Å². The minimum atomic E-state index is -0.275. The van der Waals surface area contributed by atoms with Crippen LogP contribution < -0.4 is 15.1 Å². The van der Waals surface area contributed by atoms with Crippen LogP contribution in [0.15, 0.2) is 36.5 Å². The first-order chi connectivity index (χ1) is 15.4.